The van der Waals surface area contributed by atoms with Gasteiger partial charge in [0, 0.05) is 18.0 Å². The van der Waals surface area contributed by atoms with E-state index in [4.69, 9.17) is 5.73 Å². The molecule has 4 heteroatoms. The zero-order valence-electron chi connectivity index (χ0n) is 14.4. The van der Waals surface area contributed by atoms with Gasteiger partial charge in [-0.3, -0.25) is 9.67 Å². The number of pyridine rings is 1. The van der Waals surface area contributed by atoms with Gasteiger partial charge < -0.3 is 5.73 Å². The predicted octanol–water partition coefficient (Wildman–Crippen LogP) is 4.58. The minimum atomic E-state index is 0.723. The summed E-state index contributed by atoms with van der Waals surface area (Å²) in [5, 5.41) is 5.36. The predicted molar refractivity (Wildman–Crippen MR) is 95.8 cm³/mol. The molecule has 0 aliphatic carbocycles. The molecule has 0 amide bonds. The molecule has 0 atom stereocenters. The topological polar surface area (TPSA) is 56.7 Å². The lowest BCUT2D eigenvalue weighted by Gasteiger charge is -2.05. The summed E-state index contributed by atoms with van der Waals surface area (Å²) in [6.07, 6.45) is 1.86. The van der Waals surface area contributed by atoms with Gasteiger partial charge in [0.05, 0.1) is 28.8 Å². The van der Waals surface area contributed by atoms with Gasteiger partial charge in [-0.2, -0.15) is 5.10 Å². The van der Waals surface area contributed by atoms with Crippen LogP contribution in [-0.2, 0) is 7.05 Å². The van der Waals surface area contributed by atoms with Gasteiger partial charge in [-0.25, -0.2) is 0 Å². The van der Waals surface area contributed by atoms with Crippen molar-refractivity contribution in [1.82, 2.24) is 14.8 Å². The number of benzene rings is 1. The van der Waals surface area contributed by atoms with Gasteiger partial charge in [0.25, 0.3) is 0 Å². The number of nitrogens with zero attached hydrogens (tertiary/aromatic N) is 3. The first-order chi connectivity index (χ1) is 10.6. The van der Waals surface area contributed by atoms with Gasteiger partial charge in [-0.15, -0.1) is 0 Å². The number of nitrogens with two attached hydrogens (primary N) is 1. The van der Waals surface area contributed by atoms with Crippen molar-refractivity contribution in [2.45, 2.75) is 34.6 Å². The molecule has 3 rings (SSSR count). The molecule has 2 aromatic heterocycles. The summed E-state index contributed by atoms with van der Waals surface area (Å²) in [5.41, 5.74) is 10.5. The molecule has 2 heterocycles. The number of rotatable bonds is 1. The van der Waals surface area contributed by atoms with Crippen LogP contribution in [0.1, 0.15) is 33.4 Å². The molecule has 0 unspecified atom stereocenters. The molecule has 22 heavy (non-hydrogen) atoms. The van der Waals surface area contributed by atoms with Crippen LogP contribution in [0.4, 0.5) is 5.69 Å². The second-order valence-corrected chi connectivity index (χ2v) is 4.41. The number of fused-ring (bicyclic) bond motifs is 1. The molecule has 118 valence electrons. The summed E-state index contributed by atoms with van der Waals surface area (Å²) in [7, 11) is 1.94. The molecular formula is C18H26N4. The highest BCUT2D eigenvalue weighted by atomic mass is 15.2. The Labute approximate surface area is 133 Å². The van der Waals surface area contributed by atoms with E-state index < -0.39 is 0 Å². The first-order valence-electron chi connectivity index (χ1n) is 7.80. The Morgan fingerprint density at radius 2 is 1.68 bits per heavy atom. The zero-order valence-corrected chi connectivity index (χ0v) is 14.4. The Hall–Kier alpha value is -2.36. The van der Waals surface area contributed by atoms with E-state index in [2.05, 4.69) is 28.3 Å². The van der Waals surface area contributed by atoms with Crippen LogP contribution in [0, 0.1) is 6.92 Å². The first-order valence-corrected chi connectivity index (χ1v) is 7.80. The van der Waals surface area contributed by atoms with E-state index in [1.165, 1.54) is 0 Å². The average Bonchev–Trinajstić information content (AvgIpc) is 2.94. The monoisotopic (exact) mass is 298 g/mol. The molecule has 0 radical (unpaired) electrons. The molecule has 0 fully saturated rings. The number of hydrogen-bond acceptors (Lipinski definition) is 3. The Morgan fingerprint density at radius 3 is 2.32 bits per heavy atom. The van der Waals surface area contributed by atoms with Crippen molar-refractivity contribution in [1.29, 1.82) is 0 Å². The molecule has 0 saturated heterocycles. The lowest BCUT2D eigenvalue weighted by atomic mass is 10.1. The standard InChI is InChI=1S/C14H14N4.2C2H6/c1-9-12(15)4-5-13(17-9)10-3-6-14-11(7-10)8-16-18(14)2;2*1-2/h3-8H,15H2,1-2H3;2*1-2H3. The largest absolute Gasteiger partial charge is 0.397 e. The van der Waals surface area contributed by atoms with E-state index in [0.29, 0.717) is 0 Å². The third kappa shape index (κ3) is 3.64. The molecule has 0 aliphatic rings. The maximum atomic E-state index is 5.78. The second kappa shape index (κ2) is 8.17. The maximum Gasteiger partial charge on any atom is 0.0707 e. The summed E-state index contributed by atoms with van der Waals surface area (Å²) in [6.45, 7) is 9.92. The van der Waals surface area contributed by atoms with Crippen molar-refractivity contribution in [3.8, 4) is 11.3 Å². The quantitative estimate of drug-likeness (QED) is 0.715. The summed E-state index contributed by atoms with van der Waals surface area (Å²) >= 11 is 0. The van der Waals surface area contributed by atoms with Crippen molar-refractivity contribution >= 4 is 16.6 Å². The van der Waals surface area contributed by atoms with Crippen LogP contribution in [0.25, 0.3) is 22.2 Å². The highest BCUT2D eigenvalue weighted by molar-refractivity contribution is 5.84. The van der Waals surface area contributed by atoms with Crippen molar-refractivity contribution in [3.63, 3.8) is 0 Å². The van der Waals surface area contributed by atoms with Crippen LogP contribution in [0.3, 0.4) is 0 Å². The van der Waals surface area contributed by atoms with Crippen LogP contribution in [0.2, 0.25) is 0 Å². The summed E-state index contributed by atoms with van der Waals surface area (Å²) in [6, 6.07) is 10.1. The van der Waals surface area contributed by atoms with Gasteiger partial charge in [0.15, 0.2) is 0 Å². The minimum Gasteiger partial charge on any atom is -0.397 e. The smallest absolute Gasteiger partial charge is 0.0707 e. The van der Waals surface area contributed by atoms with E-state index in [0.717, 1.165) is 33.5 Å². The Bertz CT molecular complexity index is 729. The van der Waals surface area contributed by atoms with Crippen LogP contribution < -0.4 is 5.73 Å². The minimum absolute atomic E-state index is 0.723. The van der Waals surface area contributed by atoms with Gasteiger partial charge in [-0.1, -0.05) is 33.8 Å². The summed E-state index contributed by atoms with van der Waals surface area (Å²) < 4.78 is 1.86. The molecule has 4 nitrogen and oxygen atoms in total. The van der Waals surface area contributed by atoms with Gasteiger partial charge in [0.1, 0.15) is 0 Å². The van der Waals surface area contributed by atoms with E-state index in [9.17, 15) is 0 Å². The fourth-order valence-corrected chi connectivity index (χ4v) is 2.06. The van der Waals surface area contributed by atoms with E-state index >= 15 is 0 Å². The maximum absolute atomic E-state index is 5.78. The van der Waals surface area contributed by atoms with Crippen LogP contribution in [-0.4, -0.2) is 14.8 Å². The van der Waals surface area contributed by atoms with Crippen molar-refractivity contribution < 1.29 is 0 Å². The third-order valence-corrected chi connectivity index (χ3v) is 3.17. The van der Waals surface area contributed by atoms with Gasteiger partial charge in [-0.05, 0) is 31.2 Å². The molecular weight excluding hydrogens is 272 g/mol. The lowest BCUT2D eigenvalue weighted by Crippen LogP contribution is -1.94. The lowest BCUT2D eigenvalue weighted by molar-refractivity contribution is 0.797. The molecule has 1 aromatic carbocycles. The van der Waals surface area contributed by atoms with Crippen molar-refractivity contribution in [2.24, 2.45) is 7.05 Å². The Balaban J connectivity index is 0.000000561. The molecule has 0 aliphatic heterocycles. The third-order valence-electron chi connectivity index (χ3n) is 3.17. The molecule has 3 aromatic rings. The van der Waals surface area contributed by atoms with E-state index in [1.54, 1.807) is 0 Å². The fourth-order valence-electron chi connectivity index (χ4n) is 2.06. The van der Waals surface area contributed by atoms with E-state index in [-0.39, 0.29) is 0 Å². The zero-order chi connectivity index (χ0) is 16.7. The van der Waals surface area contributed by atoms with Crippen LogP contribution >= 0.6 is 0 Å². The number of hydrogen-bond donors (Lipinski definition) is 1. The Kier molecular flexibility index (Phi) is 6.57. The summed E-state index contributed by atoms with van der Waals surface area (Å²) in [4.78, 5) is 4.50. The molecule has 0 saturated carbocycles. The number of nitrogen functional groups attached to an aromatic ring is 1. The number of aryl methyl sites for hydroxylation is 2. The highest BCUT2D eigenvalue weighted by Gasteiger charge is 2.05. The van der Waals surface area contributed by atoms with Crippen LogP contribution in [0.15, 0.2) is 36.5 Å². The molecule has 2 N–H and O–H groups in total. The normalized spacial score (nSPS) is 9.55. The van der Waals surface area contributed by atoms with Crippen LogP contribution in [0.5, 0.6) is 0 Å². The number of anilines is 1. The molecule has 0 spiro atoms. The van der Waals surface area contributed by atoms with Gasteiger partial charge >= 0.3 is 0 Å². The fraction of sp³-hybridized carbons (Fsp3) is 0.333. The van der Waals surface area contributed by atoms with Gasteiger partial charge in [0.2, 0.25) is 0 Å². The molecule has 0 bridgehead atoms. The summed E-state index contributed by atoms with van der Waals surface area (Å²) in [5.74, 6) is 0. The Morgan fingerprint density at radius 1 is 1.00 bits per heavy atom. The van der Waals surface area contributed by atoms with E-state index in [1.807, 2.05) is 64.7 Å². The highest BCUT2D eigenvalue weighted by Crippen LogP contribution is 2.24. The van der Waals surface area contributed by atoms with Crippen molar-refractivity contribution in [2.75, 3.05) is 5.73 Å². The number of aromatic nitrogens is 3. The van der Waals surface area contributed by atoms with Crippen molar-refractivity contribution in [3.05, 3.63) is 42.2 Å². The first kappa shape index (κ1) is 17.7. The average molecular weight is 298 g/mol. The second-order valence-electron chi connectivity index (χ2n) is 4.41. The SMILES string of the molecule is CC.CC.Cc1nc(-c2ccc3c(cnn3C)c2)ccc1N.